The van der Waals surface area contributed by atoms with Crippen LogP contribution in [-0.2, 0) is 0 Å². The Morgan fingerprint density at radius 2 is 1.63 bits per heavy atom. The van der Waals surface area contributed by atoms with Gasteiger partial charge in [-0.2, -0.15) is 0 Å². The maximum atomic E-state index is 3.71. The van der Waals surface area contributed by atoms with Crippen molar-refractivity contribution in [3.63, 3.8) is 0 Å². The van der Waals surface area contributed by atoms with Crippen molar-refractivity contribution in [1.82, 2.24) is 0 Å². The molecular formula is C18H11Br. The van der Waals surface area contributed by atoms with E-state index in [-0.39, 0.29) is 0 Å². The molecular weight excluding hydrogens is 296 g/mol. The van der Waals surface area contributed by atoms with Crippen LogP contribution in [-0.4, -0.2) is 0 Å². The molecule has 4 rings (SSSR count). The Bertz CT molecular complexity index is 814. The van der Waals surface area contributed by atoms with Crippen LogP contribution in [0.15, 0.2) is 59.1 Å². The topological polar surface area (TPSA) is 0 Å². The molecule has 0 radical (unpaired) electrons. The van der Waals surface area contributed by atoms with Gasteiger partial charge in [-0.1, -0.05) is 76.6 Å². The van der Waals surface area contributed by atoms with Crippen LogP contribution < -0.4 is 0 Å². The summed E-state index contributed by atoms with van der Waals surface area (Å²) in [7, 11) is 0. The summed E-state index contributed by atoms with van der Waals surface area (Å²) in [6, 6.07) is 19.3. The molecule has 0 bridgehead atoms. The molecule has 0 atom stereocenters. The lowest BCUT2D eigenvalue weighted by atomic mass is 9.95. The SMILES string of the molecule is Brc1cc(-c2ccccc2)c2cccc3c2c1C=C3. The van der Waals surface area contributed by atoms with Gasteiger partial charge >= 0.3 is 0 Å². The zero-order valence-electron chi connectivity index (χ0n) is 10.2. The first-order valence-electron chi connectivity index (χ1n) is 6.33. The van der Waals surface area contributed by atoms with E-state index in [4.69, 9.17) is 0 Å². The smallest absolute Gasteiger partial charge is 0.0260 e. The average Bonchev–Trinajstić information content (AvgIpc) is 2.89. The van der Waals surface area contributed by atoms with Crippen molar-refractivity contribution in [2.45, 2.75) is 0 Å². The van der Waals surface area contributed by atoms with E-state index in [0.717, 1.165) is 0 Å². The summed E-state index contributed by atoms with van der Waals surface area (Å²) in [4.78, 5) is 0. The minimum Gasteiger partial charge on any atom is -0.0622 e. The molecule has 0 unspecified atom stereocenters. The zero-order chi connectivity index (χ0) is 12.8. The third kappa shape index (κ3) is 1.58. The highest BCUT2D eigenvalue weighted by molar-refractivity contribution is 9.10. The first kappa shape index (κ1) is 11.0. The molecule has 0 nitrogen and oxygen atoms in total. The Kier molecular flexibility index (Phi) is 2.36. The Labute approximate surface area is 120 Å². The van der Waals surface area contributed by atoms with Crippen molar-refractivity contribution >= 4 is 38.9 Å². The molecule has 3 aromatic carbocycles. The van der Waals surface area contributed by atoms with Gasteiger partial charge in [-0.15, -0.1) is 0 Å². The van der Waals surface area contributed by atoms with Crippen LogP contribution >= 0.6 is 15.9 Å². The second kappa shape index (κ2) is 4.07. The number of hydrogen-bond acceptors (Lipinski definition) is 0. The molecule has 0 fully saturated rings. The third-order valence-corrected chi connectivity index (χ3v) is 4.35. The number of halogens is 1. The van der Waals surface area contributed by atoms with Crippen LogP contribution in [0.2, 0.25) is 0 Å². The first-order chi connectivity index (χ1) is 9.34. The van der Waals surface area contributed by atoms with Crippen LogP contribution in [0.3, 0.4) is 0 Å². The minimum atomic E-state index is 1.17. The van der Waals surface area contributed by atoms with Crippen molar-refractivity contribution in [2.75, 3.05) is 0 Å². The summed E-state index contributed by atoms with van der Waals surface area (Å²) in [5.41, 5.74) is 5.16. The van der Waals surface area contributed by atoms with Crippen LogP contribution in [0.4, 0.5) is 0 Å². The van der Waals surface area contributed by atoms with Crippen LogP contribution in [0.25, 0.3) is 34.1 Å². The molecule has 0 aromatic heterocycles. The van der Waals surface area contributed by atoms with E-state index >= 15 is 0 Å². The maximum Gasteiger partial charge on any atom is 0.0260 e. The Balaban J connectivity index is 2.15. The van der Waals surface area contributed by atoms with Gasteiger partial charge in [0.2, 0.25) is 0 Å². The normalized spacial score (nSPS) is 12.3. The molecule has 0 heterocycles. The van der Waals surface area contributed by atoms with E-state index in [9.17, 15) is 0 Å². The van der Waals surface area contributed by atoms with Crippen molar-refractivity contribution in [2.24, 2.45) is 0 Å². The maximum absolute atomic E-state index is 3.71. The first-order valence-corrected chi connectivity index (χ1v) is 7.12. The standard InChI is InChI=1S/C18H11Br/c19-17-11-16(12-5-2-1-3-6-12)14-8-4-7-13-9-10-15(17)18(13)14/h1-11H. The summed E-state index contributed by atoms with van der Waals surface area (Å²) in [5.74, 6) is 0. The van der Waals surface area contributed by atoms with E-state index in [1.165, 1.54) is 37.5 Å². The van der Waals surface area contributed by atoms with Gasteiger partial charge in [0.15, 0.2) is 0 Å². The fourth-order valence-corrected chi connectivity index (χ4v) is 3.39. The zero-order valence-corrected chi connectivity index (χ0v) is 11.8. The molecule has 1 aliphatic carbocycles. The van der Waals surface area contributed by atoms with Crippen molar-refractivity contribution < 1.29 is 0 Å². The van der Waals surface area contributed by atoms with Gasteiger partial charge in [-0.05, 0) is 39.1 Å². The summed E-state index contributed by atoms with van der Waals surface area (Å²) in [6.07, 6.45) is 4.38. The number of rotatable bonds is 1. The van der Waals surface area contributed by atoms with Crippen molar-refractivity contribution in [3.8, 4) is 11.1 Å². The highest BCUT2D eigenvalue weighted by Crippen LogP contribution is 2.41. The molecule has 0 spiro atoms. The molecule has 0 N–H and O–H groups in total. The lowest BCUT2D eigenvalue weighted by Crippen LogP contribution is -1.86. The van der Waals surface area contributed by atoms with E-state index in [0.29, 0.717) is 0 Å². The quantitative estimate of drug-likeness (QED) is 0.420. The largest absolute Gasteiger partial charge is 0.0622 e. The van der Waals surface area contributed by atoms with Gasteiger partial charge < -0.3 is 0 Å². The monoisotopic (exact) mass is 306 g/mol. The fourth-order valence-electron chi connectivity index (χ4n) is 2.83. The minimum absolute atomic E-state index is 1.17. The molecule has 0 amide bonds. The highest BCUT2D eigenvalue weighted by Gasteiger charge is 2.15. The summed E-state index contributed by atoms with van der Waals surface area (Å²) in [5, 5.41) is 2.68. The fraction of sp³-hybridized carbons (Fsp3) is 0. The van der Waals surface area contributed by atoms with Crippen LogP contribution in [0.1, 0.15) is 11.1 Å². The molecule has 19 heavy (non-hydrogen) atoms. The number of hydrogen-bond donors (Lipinski definition) is 0. The molecule has 0 saturated carbocycles. The van der Waals surface area contributed by atoms with E-state index in [2.05, 4.69) is 82.7 Å². The highest BCUT2D eigenvalue weighted by atomic mass is 79.9. The van der Waals surface area contributed by atoms with Crippen molar-refractivity contribution in [3.05, 3.63) is 70.2 Å². The second-order valence-electron chi connectivity index (χ2n) is 4.79. The van der Waals surface area contributed by atoms with E-state index in [1.807, 2.05) is 0 Å². The summed E-state index contributed by atoms with van der Waals surface area (Å²) in [6.45, 7) is 0. The van der Waals surface area contributed by atoms with Crippen LogP contribution in [0, 0.1) is 0 Å². The molecule has 0 saturated heterocycles. The lowest BCUT2D eigenvalue weighted by molar-refractivity contribution is 1.62. The Hall–Kier alpha value is -1.86. The van der Waals surface area contributed by atoms with Gasteiger partial charge in [-0.25, -0.2) is 0 Å². The van der Waals surface area contributed by atoms with E-state index in [1.54, 1.807) is 0 Å². The molecule has 90 valence electrons. The lowest BCUT2D eigenvalue weighted by Gasteiger charge is -2.11. The molecule has 1 aliphatic rings. The van der Waals surface area contributed by atoms with Gasteiger partial charge in [0.1, 0.15) is 0 Å². The van der Waals surface area contributed by atoms with Crippen LogP contribution in [0.5, 0.6) is 0 Å². The van der Waals surface area contributed by atoms with Gasteiger partial charge in [0.05, 0.1) is 0 Å². The predicted octanol–water partition coefficient (Wildman–Crippen LogP) is 5.75. The molecule has 3 aromatic rings. The number of benzene rings is 3. The Morgan fingerprint density at radius 3 is 2.47 bits per heavy atom. The van der Waals surface area contributed by atoms with E-state index < -0.39 is 0 Å². The third-order valence-electron chi connectivity index (χ3n) is 3.70. The molecule has 0 aliphatic heterocycles. The van der Waals surface area contributed by atoms with Crippen molar-refractivity contribution in [1.29, 1.82) is 0 Å². The second-order valence-corrected chi connectivity index (χ2v) is 5.64. The average molecular weight is 307 g/mol. The molecule has 1 heteroatoms. The van der Waals surface area contributed by atoms with Gasteiger partial charge in [0.25, 0.3) is 0 Å². The summed E-state index contributed by atoms with van der Waals surface area (Å²) < 4.78 is 1.17. The van der Waals surface area contributed by atoms with Gasteiger partial charge in [-0.3, -0.25) is 0 Å². The van der Waals surface area contributed by atoms with Gasteiger partial charge in [0, 0.05) is 4.47 Å². The summed E-state index contributed by atoms with van der Waals surface area (Å²) >= 11 is 3.71. The Morgan fingerprint density at radius 1 is 0.789 bits per heavy atom. The predicted molar refractivity (Wildman–Crippen MR) is 86.0 cm³/mol.